The Morgan fingerprint density at radius 1 is 1.03 bits per heavy atom. The first-order valence-electron chi connectivity index (χ1n) is 9.71. The van der Waals surface area contributed by atoms with Crippen molar-refractivity contribution in [3.05, 3.63) is 88.4 Å². The van der Waals surface area contributed by atoms with Gasteiger partial charge in [0.05, 0.1) is 23.9 Å². The fraction of sp³-hybridized carbons (Fsp3) is 0.125. The van der Waals surface area contributed by atoms with Gasteiger partial charge in [-0.05, 0) is 55.0 Å². The van der Waals surface area contributed by atoms with E-state index in [1.54, 1.807) is 42.5 Å². The maximum Gasteiger partial charge on any atom is 0.272 e. The van der Waals surface area contributed by atoms with Gasteiger partial charge >= 0.3 is 0 Å². The molecule has 0 aromatic heterocycles. The molecule has 7 nitrogen and oxygen atoms in total. The van der Waals surface area contributed by atoms with Crippen molar-refractivity contribution in [3.8, 4) is 11.5 Å². The number of methoxy groups -OCH3 is 1. The number of ether oxygens (including phenoxy) is 2. The minimum absolute atomic E-state index is 0.175. The van der Waals surface area contributed by atoms with E-state index in [2.05, 4.69) is 15.8 Å². The number of hydrogen-bond donors (Lipinski definition) is 2. The highest BCUT2D eigenvalue weighted by atomic mass is 35.5. The first-order chi connectivity index (χ1) is 15.5. The SMILES string of the molecule is COc1cc(/C=N/NC(=O)c2ccccc2Cl)ccc1OCC(=O)Nc1ccc(C)cc1. The van der Waals surface area contributed by atoms with E-state index in [9.17, 15) is 9.59 Å². The molecule has 0 aliphatic heterocycles. The highest BCUT2D eigenvalue weighted by Crippen LogP contribution is 2.27. The third kappa shape index (κ3) is 6.33. The predicted octanol–water partition coefficient (Wildman–Crippen LogP) is 4.44. The zero-order valence-corrected chi connectivity index (χ0v) is 18.3. The van der Waals surface area contributed by atoms with Crippen LogP contribution in [0.5, 0.6) is 11.5 Å². The van der Waals surface area contributed by atoms with E-state index in [1.807, 2.05) is 31.2 Å². The van der Waals surface area contributed by atoms with Crippen molar-refractivity contribution in [2.24, 2.45) is 5.10 Å². The molecule has 0 aliphatic rings. The van der Waals surface area contributed by atoms with Gasteiger partial charge in [-0.2, -0.15) is 5.10 Å². The lowest BCUT2D eigenvalue weighted by Crippen LogP contribution is -2.20. The number of nitrogens with zero attached hydrogens (tertiary/aromatic N) is 1. The minimum Gasteiger partial charge on any atom is -0.493 e. The zero-order chi connectivity index (χ0) is 22.9. The minimum atomic E-state index is -0.418. The number of hydrogen-bond acceptors (Lipinski definition) is 5. The molecule has 0 fully saturated rings. The molecule has 32 heavy (non-hydrogen) atoms. The number of hydrazone groups is 1. The smallest absolute Gasteiger partial charge is 0.272 e. The molecule has 0 saturated carbocycles. The molecule has 0 atom stereocenters. The van der Waals surface area contributed by atoms with Crippen molar-refractivity contribution >= 4 is 35.3 Å². The van der Waals surface area contributed by atoms with Crippen molar-refractivity contribution in [2.45, 2.75) is 6.92 Å². The van der Waals surface area contributed by atoms with Gasteiger partial charge in [-0.1, -0.05) is 41.4 Å². The van der Waals surface area contributed by atoms with Gasteiger partial charge in [-0.25, -0.2) is 5.43 Å². The summed E-state index contributed by atoms with van der Waals surface area (Å²) in [4.78, 5) is 24.3. The van der Waals surface area contributed by atoms with E-state index in [1.165, 1.54) is 13.3 Å². The van der Waals surface area contributed by atoms with E-state index in [0.29, 0.717) is 33.3 Å². The normalized spacial score (nSPS) is 10.6. The Hall–Kier alpha value is -3.84. The molecule has 3 aromatic carbocycles. The molecule has 0 radical (unpaired) electrons. The Morgan fingerprint density at radius 3 is 2.50 bits per heavy atom. The summed E-state index contributed by atoms with van der Waals surface area (Å²) in [6.07, 6.45) is 1.46. The second-order valence-corrected chi connectivity index (χ2v) is 7.20. The van der Waals surface area contributed by atoms with Crippen LogP contribution in [0.4, 0.5) is 5.69 Å². The van der Waals surface area contributed by atoms with E-state index < -0.39 is 5.91 Å². The van der Waals surface area contributed by atoms with Gasteiger partial charge in [0.1, 0.15) is 0 Å². The summed E-state index contributed by atoms with van der Waals surface area (Å²) in [5, 5.41) is 7.06. The molecule has 3 rings (SSSR count). The lowest BCUT2D eigenvalue weighted by atomic mass is 10.2. The molecule has 2 amide bonds. The summed E-state index contributed by atoms with van der Waals surface area (Å²) in [6.45, 7) is 1.80. The fourth-order valence-electron chi connectivity index (χ4n) is 2.73. The maximum atomic E-state index is 12.1. The van der Waals surface area contributed by atoms with Crippen LogP contribution in [-0.2, 0) is 4.79 Å². The average molecular weight is 452 g/mol. The van der Waals surface area contributed by atoms with Gasteiger partial charge in [0.2, 0.25) is 0 Å². The van der Waals surface area contributed by atoms with Crippen LogP contribution in [0.2, 0.25) is 5.02 Å². The summed E-state index contributed by atoms with van der Waals surface area (Å²) in [6, 6.07) is 19.2. The van der Waals surface area contributed by atoms with Crippen LogP contribution in [0.25, 0.3) is 0 Å². The van der Waals surface area contributed by atoms with E-state index >= 15 is 0 Å². The molecule has 3 aromatic rings. The third-order valence-corrected chi connectivity index (χ3v) is 4.71. The van der Waals surface area contributed by atoms with Crippen molar-refractivity contribution in [1.82, 2.24) is 5.43 Å². The largest absolute Gasteiger partial charge is 0.493 e. The Balaban J connectivity index is 1.57. The van der Waals surface area contributed by atoms with Crippen LogP contribution < -0.4 is 20.2 Å². The highest BCUT2D eigenvalue weighted by molar-refractivity contribution is 6.33. The molecule has 0 saturated heterocycles. The summed E-state index contributed by atoms with van der Waals surface area (Å²) in [7, 11) is 1.49. The number of benzene rings is 3. The number of nitrogens with one attached hydrogen (secondary N) is 2. The van der Waals surface area contributed by atoms with Crippen LogP contribution in [0.15, 0.2) is 71.8 Å². The van der Waals surface area contributed by atoms with Gasteiger partial charge in [-0.15, -0.1) is 0 Å². The maximum absolute atomic E-state index is 12.1. The van der Waals surface area contributed by atoms with Crippen LogP contribution in [-0.4, -0.2) is 31.7 Å². The fourth-order valence-corrected chi connectivity index (χ4v) is 2.95. The number of carbonyl (C=O) groups is 2. The Morgan fingerprint density at radius 2 is 1.78 bits per heavy atom. The second kappa shape index (κ2) is 11.0. The topological polar surface area (TPSA) is 89.0 Å². The molecule has 0 aliphatic carbocycles. The lowest BCUT2D eigenvalue weighted by Gasteiger charge is -2.11. The summed E-state index contributed by atoms with van der Waals surface area (Å²) in [5.74, 6) is 0.125. The monoisotopic (exact) mass is 451 g/mol. The summed E-state index contributed by atoms with van der Waals surface area (Å²) in [5.41, 5.74) is 5.23. The van der Waals surface area contributed by atoms with Crippen molar-refractivity contribution in [1.29, 1.82) is 0 Å². The van der Waals surface area contributed by atoms with Gasteiger partial charge in [0.15, 0.2) is 18.1 Å². The molecule has 2 N–H and O–H groups in total. The molecular formula is C24H22ClN3O4. The molecule has 164 valence electrons. The van der Waals surface area contributed by atoms with Crippen molar-refractivity contribution < 1.29 is 19.1 Å². The molecule has 0 unspecified atom stereocenters. The standard InChI is InChI=1S/C24H22ClN3O4/c1-16-7-10-18(11-8-16)27-23(29)15-32-21-12-9-17(13-22(21)31-2)14-26-28-24(30)19-5-3-4-6-20(19)25/h3-14H,15H2,1-2H3,(H,27,29)(H,28,30)/b26-14+. The highest BCUT2D eigenvalue weighted by Gasteiger charge is 2.10. The Bertz CT molecular complexity index is 1130. The van der Waals surface area contributed by atoms with Gasteiger partial charge in [0, 0.05) is 5.69 Å². The number of aryl methyl sites for hydroxylation is 1. The third-order valence-electron chi connectivity index (χ3n) is 4.38. The second-order valence-electron chi connectivity index (χ2n) is 6.79. The zero-order valence-electron chi connectivity index (χ0n) is 17.6. The first kappa shape index (κ1) is 22.8. The van der Waals surface area contributed by atoms with E-state index in [4.69, 9.17) is 21.1 Å². The molecule has 0 spiro atoms. The number of anilines is 1. The van der Waals surface area contributed by atoms with Crippen LogP contribution in [0.3, 0.4) is 0 Å². The number of amides is 2. The quantitative estimate of drug-likeness (QED) is 0.391. The first-order valence-corrected chi connectivity index (χ1v) is 10.1. The van der Waals surface area contributed by atoms with Crippen molar-refractivity contribution in [3.63, 3.8) is 0 Å². The number of carbonyl (C=O) groups excluding carboxylic acids is 2. The Labute approximate surface area is 191 Å². The summed E-state index contributed by atoms with van der Waals surface area (Å²) < 4.78 is 10.9. The van der Waals surface area contributed by atoms with Crippen LogP contribution in [0.1, 0.15) is 21.5 Å². The van der Waals surface area contributed by atoms with Gasteiger partial charge in [-0.3, -0.25) is 9.59 Å². The van der Waals surface area contributed by atoms with Gasteiger partial charge < -0.3 is 14.8 Å². The summed E-state index contributed by atoms with van der Waals surface area (Å²) >= 11 is 6.00. The average Bonchev–Trinajstić information content (AvgIpc) is 2.79. The van der Waals surface area contributed by atoms with Crippen LogP contribution in [0, 0.1) is 6.92 Å². The van der Waals surface area contributed by atoms with Gasteiger partial charge in [0.25, 0.3) is 11.8 Å². The number of halogens is 1. The molecule has 0 heterocycles. The lowest BCUT2D eigenvalue weighted by molar-refractivity contribution is -0.118. The number of rotatable bonds is 8. The van der Waals surface area contributed by atoms with Crippen molar-refractivity contribution in [2.75, 3.05) is 19.0 Å². The Kier molecular flexibility index (Phi) is 7.83. The molecule has 0 bridgehead atoms. The molecular weight excluding hydrogens is 430 g/mol. The van der Waals surface area contributed by atoms with E-state index in [0.717, 1.165) is 5.56 Å². The van der Waals surface area contributed by atoms with Crippen LogP contribution >= 0.6 is 11.6 Å². The molecule has 8 heteroatoms. The van der Waals surface area contributed by atoms with E-state index in [-0.39, 0.29) is 12.5 Å². The predicted molar refractivity (Wildman–Crippen MR) is 125 cm³/mol.